The fourth-order valence-corrected chi connectivity index (χ4v) is 5.59. The topological polar surface area (TPSA) is 168 Å². The van der Waals surface area contributed by atoms with Crippen LogP contribution in [0.4, 0.5) is 0 Å². The van der Waals surface area contributed by atoms with Crippen LogP contribution >= 0.6 is 0 Å². The van der Waals surface area contributed by atoms with E-state index >= 15 is 0 Å². The van der Waals surface area contributed by atoms with E-state index in [9.17, 15) is 0 Å². The van der Waals surface area contributed by atoms with E-state index in [1.54, 1.807) is 0 Å². The molecule has 11 heteroatoms. The summed E-state index contributed by atoms with van der Waals surface area (Å²) in [5.41, 5.74) is 19.9. The zero-order chi connectivity index (χ0) is 28.9. The van der Waals surface area contributed by atoms with Crippen molar-refractivity contribution in [3.05, 3.63) is 113 Å². The predicted molar refractivity (Wildman–Crippen MR) is 166 cm³/mol. The summed E-state index contributed by atoms with van der Waals surface area (Å²) < 4.78 is 0. The van der Waals surface area contributed by atoms with E-state index in [-0.39, 0.29) is 0 Å². The molecule has 0 radical (unpaired) electrons. The molecule has 4 aromatic carbocycles. The first-order chi connectivity index (χ1) is 21.2. The van der Waals surface area contributed by atoms with Crippen molar-refractivity contribution in [2.75, 3.05) is 0 Å². The number of aromatic amines is 2. The Labute approximate surface area is 242 Å². The Morgan fingerprint density at radius 1 is 0.372 bits per heavy atom. The molecule has 8 bridgehead atoms. The summed E-state index contributed by atoms with van der Waals surface area (Å²) in [5, 5.41) is 3.82. The maximum atomic E-state index is 6.75. The van der Waals surface area contributed by atoms with Gasteiger partial charge in [0.2, 0.25) is 0 Å². The van der Waals surface area contributed by atoms with Gasteiger partial charge in [0, 0.05) is 43.8 Å². The average Bonchev–Trinajstić information content (AvgIpc) is 3.77. The van der Waals surface area contributed by atoms with Crippen LogP contribution in [0.25, 0.3) is 106 Å². The van der Waals surface area contributed by atoms with Crippen LogP contribution < -0.4 is 0 Å². The van der Waals surface area contributed by atoms with Crippen molar-refractivity contribution in [3.63, 3.8) is 0 Å². The minimum absolute atomic E-state index is 0.597. The third-order valence-corrected chi connectivity index (χ3v) is 7.46. The van der Waals surface area contributed by atoms with Crippen LogP contribution in [0, 0.1) is 0 Å². The zero-order valence-corrected chi connectivity index (χ0v) is 22.3. The summed E-state index contributed by atoms with van der Waals surface area (Å²) >= 11 is 0. The Morgan fingerprint density at radius 2 is 0.605 bits per heavy atom. The summed E-state index contributed by atoms with van der Waals surface area (Å²) in [4.78, 5) is 38.3. The highest BCUT2D eigenvalue weighted by atomic mass is 15.1. The van der Waals surface area contributed by atoms with E-state index in [0.29, 0.717) is 45.9 Å². The number of nitrogens with one attached hydrogen (secondary N) is 2. The van der Waals surface area contributed by atoms with Crippen molar-refractivity contribution in [2.45, 2.75) is 0 Å². The van der Waals surface area contributed by atoms with Crippen LogP contribution in [0.2, 0.25) is 0 Å². The maximum absolute atomic E-state index is 6.75. The summed E-state index contributed by atoms with van der Waals surface area (Å²) in [6, 6.07) is 32.2. The molecule has 0 fully saturated rings. The molecule has 202 valence electrons. The standard InChI is InChI=1S/C32H18N8.N3/c1-2-10-18-17(9-1)25-33-26(18)38-28-21-13-5-6-14-22(21)30(35-28)40-32-24-16-8-7-15-23(24)31(36-32)39-29-20-12-4-3-11-19(20)27(34-29)37-25;1-3-2/h1-16H,(H2,33,34,35,36,37,38,39,40);/q;-1. The van der Waals surface area contributed by atoms with Crippen LogP contribution in [0.1, 0.15) is 0 Å². The van der Waals surface area contributed by atoms with Crippen molar-refractivity contribution >= 4 is 44.1 Å². The van der Waals surface area contributed by atoms with Crippen LogP contribution in [-0.2, 0) is 0 Å². The molecule has 0 amide bonds. The second-order valence-corrected chi connectivity index (χ2v) is 9.88. The van der Waals surface area contributed by atoms with Crippen LogP contribution in [-0.4, -0.2) is 39.9 Å². The third-order valence-electron chi connectivity index (χ3n) is 7.46. The van der Waals surface area contributed by atoms with E-state index in [1.807, 2.05) is 97.1 Å². The largest absolute Gasteiger partial charge is 0.373 e. The quantitative estimate of drug-likeness (QED) is 0.110. The molecular formula is C32H18N11-. The summed E-state index contributed by atoms with van der Waals surface area (Å²) in [7, 11) is 0. The number of rotatable bonds is 0. The Hall–Kier alpha value is -6.45. The van der Waals surface area contributed by atoms with E-state index in [1.165, 1.54) is 4.91 Å². The monoisotopic (exact) mass is 556 g/mol. The Morgan fingerprint density at radius 3 is 0.860 bits per heavy atom. The number of fused-ring (bicyclic) bond motifs is 20. The lowest BCUT2D eigenvalue weighted by Crippen LogP contribution is -1.82. The van der Waals surface area contributed by atoms with Crippen molar-refractivity contribution in [3.8, 4) is 45.6 Å². The number of aromatic nitrogens is 8. The number of benzene rings is 4. The zero-order valence-electron chi connectivity index (χ0n) is 22.3. The van der Waals surface area contributed by atoms with Gasteiger partial charge in [-0.1, -0.05) is 97.1 Å². The Balaban J connectivity index is 0.000000892. The fraction of sp³-hybridized carbons (Fsp3) is 0. The SMILES string of the molecule is [N-]=[N+]=[N-].c1ccc2c(c1)-c1nc-2nc2[nH]c(nc3nc(nc4[nH]c(n1)c1ccccc41)-c1ccccc1-3)c1ccccc21. The van der Waals surface area contributed by atoms with Gasteiger partial charge in [-0.05, 0) is 0 Å². The van der Waals surface area contributed by atoms with Gasteiger partial charge in [0.15, 0.2) is 23.3 Å². The minimum Gasteiger partial charge on any atom is -0.373 e. The highest BCUT2D eigenvalue weighted by Crippen LogP contribution is 2.36. The average molecular weight is 557 g/mol. The number of H-pyrrole nitrogens is 2. The van der Waals surface area contributed by atoms with Crippen LogP contribution in [0.3, 0.4) is 0 Å². The molecule has 0 unspecified atom stereocenters. The molecule has 3 aromatic heterocycles. The van der Waals surface area contributed by atoms with Gasteiger partial charge >= 0.3 is 0 Å². The molecule has 0 saturated heterocycles. The first kappa shape index (κ1) is 24.4. The lowest BCUT2D eigenvalue weighted by molar-refractivity contribution is 1.19. The van der Waals surface area contributed by atoms with E-state index in [0.717, 1.165) is 43.8 Å². The maximum Gasteiger partial charge on any atom is 0.164 e. The normalized spacial score (nSPS) is 11.3. The second kappa shape index (κ2) is 9.58. The van der Waals surface area contributed by atoms with E-state index in [2.05, 4.69) is 9.97 Å². The van der Waals surface area contributed by atoms with Gasteiger partial charge in [0.25, 0.3) is 0 Å². The van der Waals surface area contributed by atoms with Gasteiger partial charge in [-0.3, -0.25) is 4.91 Å². The summed E-state index contributed by atoms with van der Waals surface area (Å²) in [5.74, 6) is 2.39. The molecule has 2 aliphatic rings. The van der Waals surface area contributed by atoms with Gasteiger partial charge < -0.3 is 21.0 Å². The first-order valence-electron chi connectivity index (χ1n) is 13.4. The van der Waals surface area contributed by atoms with Gasteiger partial charge in [0.05, 0.1) is 0 Å². The molecule has 9 rings (SSSR count). The van der Waals surface area contributed by atoms with Gasteiger partial charge in [-0.2, -0.15) is 0 Å². The lowest BCUT2D eigenvalue weighted by Gasteiger charge is -1.96. The fourth-order valence-electron chi connectivity index (χ4n) is 5.59. The van der Waals surface area contributed by atoms with Gasteiger partial charge in [-0.25, -0.2) is 29.9 Å². The number of hydrogen-bond donors (Lipinski definition) is 2. The van der Waals surface area contributed by atoms with E-state index < -0.39 is 0 Å². The highest BCUT2D eigenvalue weighted by molar-refractivity contribution is 6.06. The molecule has 0 aliphatic carbocycles. The molecule has 7 aromatic rings. The molecule has 0 saturated carbocycles. The lowest BCUT2D eigenvalue weighted by atomic mass is 10.1. The number of hydrogen-bond acceptors (Lipinski definition) is 6. The molecule has 0 atom stereocenters. The first-order valence-corrected chi connectivity index (χ1v) is 13.4. The summed E-state index contributed by atoms with van der Waals surface area (Å²) in [6.07, 6.45) is 0. The second-order valence-electron chi connectivity index (χ2n) is 9.88. The van der Waals surface area contributed by atoms with Crippen molar-refractivity contribution in [1.29, 1.82) is 0 Å². The molecule has 0 spiro atoms. The summed E-state index contributed by atoms with van der Waals surface area (Å²) in [6.45, 7) is 0. The smallest absolute Gasteiger partial charge is 0.164 e. The van der Waals surface area contributed by atoms with Crippen molar-refractivity contribution in [1.82, 2.24) is 39.9 Å². The Bertz CT molecular complexity index is 2130. The Kier molecular flexibility index (Phi) is 5.43. The minimum atomic E-state index is 0.597. The van der Waals surface area contributed by atoms with Crippen LogP contribution in [0.5, 0.6) is 0 Å². The molecule has 5 heterocycles. The molecular weight excluding hydrogens is 538 g/mol. The van der Waals surface area contributed by atoms with Gasteiger partial charge in [-0.15, -0.1) is 0 Å². The van der Waals surface area contributed by atoms with E-state index in [4.69, 9.17) is 41.0 Å². The molecule has 2 aliphatic heterocycles. The van der Waals surface area contributed by atoms with Gasteiger partial charge in [0.1, 0.15) is 22.6 Å². The van der Waals surface area contributed by atoms with Crippen molar-refractivity contribution < 1.29 is 0 Å². The van der Waals surface area contributed by atoms with Crippen LogP contribution in [0.15, 0.2) is 97.1 Å². The number of nitrogens with zero attached hydrogens (tertiary/aromatic N) is 9. The molecule has 2 N–H and O–H groups in total. The highest BCUT2D eigenvalue weighted by Gasteiger charge is 2.21. The predicted octanol–water partition coefficient (Wildman–Crippen LogP) is 7.74. The third kappa shape index (κ3) is 3.88. The van der Waals surface area contributed by atoms with Crippen molar-refractivity contribution in [2.24, 2.45) is 0 Å². The molecule has 43 heavy (non-hydrogen) atoms. The molecule has 11 nitrogen and oxygen atoms in total.